The van der Waals surface area contributed by atoms with Crippen LogP contribution in [-0.2, 0) is 13.1 Å². The van der Waals surface area contributed by atoms with Gasteiger partial charge in [-0.3, -0.25) is 9.36 Å². The molecule has 5 heteroatoms. The van der Waals surface area contributed by atoms with Gasteiger partial charge in [0, 0.05) is 25.4 Å². The summed E-state index contributed by atoms with van der Waals surface area (Å²) in [6.07, 6.45) is 6.69. The molecule has 0 fully saturated rings. The Hall–Kier alpha value is -1.36. The highest BCUT2D eigenvalue weighted by atomic mass is 16.2. The summed E-state index contributed by atoms with van der Waals surface area (Å²) in [6, 6.07) is 1.46. The molecule has 0 aromatic carbocycles. The third kappa shape index (κ3) is 4.14. The second kappa shape index (κ2) is 7.87. The highest BCUT2D eigenvalue weighted by molar-refractivity contribution is 4.86. The number of aromatic nitrogens is 2. The molecular weight excluding hydrogens is 230 g/mol. The van der Waals surface area contributed by atoms with Gasteiger partial charge in [-0.15, -0.1) is 0 Å². The standard InChI is InChI=1S/C13H23N3O2/c1-2-3-4-5-9-15-11-7-12(17)16(13(15)18)10-6-8-14/h7,11H,2-6,8-10,14H2,1H3. The van der Waals surface area contributed by atoms with Gasteiger partial charge in [-0.05, 0) is 19.4 Å². The molecule has 2 N–H and O–H groups in total. The molecule has 102 valence electrons. The van der Waals surface area contributed by atoms with E-state index in [2.05, 4.69) is 6.92 Å². The van der Waals surface area contributed by atoms with Crippen molar-refractivity contribution >= 4 is 0 Å². The van der Waals surface area contributed by atoms with Gasteiger partial charge in [0.2, 0.25) is 0 Å². The Morgan fingerprint density at radius 1 is 1.11 bits per heavy atom. The van der Waals surface area contributed by atoms with Crippen molar-refractivity contribution in [1.82, 2.24) is 9.13 Å². The largest absolute Gasteiger partial charge is 0.330 e. The van der Waals surface area contributed by atoms with Gasteiger partial charge in [0.05, 0.1) is 0 Å². The van der Waals surface area contributed by atoms with Crippen LogP contribution in [0.25, 0.3) is 0 Å². The average molecular weight is 253 g/mol. The molecule has 0 atom stereocenters. The quantitative estimate of drug-likeness (QED) is 0.701. The fourth-order valence-corrected chi connectivity index (χ4v) is 1.89. The van der Waals surface area contributed by atoms with Gasteiger partial charge in [0.15, 0.2) is 0 Å². The maximum atomic E-state index is 12.0. The third-order valence-electron chi connectivity index (χ3n) is 2.98. The van der Waals surface area contributed by atoms with Gasteiger partial charge in [0.1, 0.15) is 0 Å². The average Bonchev–Trinajstić information content (AvgIpc) is 2.37. The lowest BCUT2D eigenvalue weighted by Gasteiger charge is -2.09. The summed E-state index contributed by atoms with van der Waals surface area (Å²) in [6.45, 7) is 3.72. The van der Waals surface area contributed by atoms with E-state index in [1.54, 1.807) is 10.8 Å². The zero-order valence-corrected chi connectivity index (χ0v) is 11.1. The maximum absolute atomic E-state index is 12.0. The van der Waals surface area contributed by atoms with Gasteiger partial charge >= 0.3 is 5.69 Å². The fraction of sp³-hybridized carbons (Fsp3) is 0.692. The Bertz CT molecular complexity index is 462. The van der Waals surface area contributed by atoms with E-state index in [1.165, 1.54) is 23.5 Å². The van der Waals surface area contributed by atoms with Crippen LogP contribution in [0.5, 0.6) is 0 Å². The van der Waals surface area contributed by atoms with Crippen molar-refractivity contribution in [2.45, 2.75) is 52.1 Å². The van der Waals surface area contributed by atoms with Crippen LogP contribution in [-0.4, -0.2) is 15.7 Å². The first kappa shape index (κ1) is 14.7. The molecule has 1 heterocycles. The Balaban J connectivity index is 2.74. The summed E-state index contributed by atoms with van der Waals surface area (Å²) in [5, 5.41) is 0. The van der Waals surface area contributed by atoms with E-state index in [4.69, 9.17) is 5.73 Å². The molecule has 1 aromatic rings. The highest BCUT2D eigenvalue weighted by Gasteiger charge is 2.04. The first-order valence-corrected chi connectivity index (χ1v) is 6.71. The summed E-state index contributed by atoms with van der Waals surface area (Å²) in [4.78, 5) is 23.6. The molecule has 18 heavy (non-hydrogen) atoms. The lowest BCUT2D eigenvalue weighted by molar-refractivity contribution is 0.510. The number of aryl methyl sites for hydroxylation is 1. The van der Waals surface area contributed by atoms with Crippen molar-refractivity contribution in [3.05, 3.63) is 33.1 Å². The summed E-state index contributed by atoms with van der Waals surface area (Å²) in [5.41, 5.74) is 4.95. The van der Waals surface area contributed by atoms with Crippen molar-refractivity contribution in [1.29, 1.82) is 0 Å². The number of hydrogen-bond donors (Lipinski definition) is 1. The van der Waals surface area contributed by atoms with Crippen LogP contribution < -0.4 is 17.0 Å². The smallest absolute Gasteiger partial charge is 0.330 e. The molecule has 0 spiro atoms. The number of rotatable bonds is 8. The number of nitrogens with zero attached hydrogens (tertiary/aromatic N) is 2. The molecule has 0 aliphatic carbocycles. The van der Waals surface area contributed by atoms with Crippen molar-refractivity contribution in [3.8, 4) is 0 Å². The lowest BCUT2D eigenvalue weighted by atomic mass is 10.2. The predicted molar refractivity (Wildman–Crippen MR) is 72.8 cm³/mol. The predicted octanol–water partition coefficient (Wildman–Crippen LogP) is 0.939. The van der Waals surface area contributed by atoms with Crippen molar-refractivity contribution < 1.29 is 0 Å². The lowest BCUT2D eigenvalue weighted by Crippen LogP contribution is -2.39. The van der Waals surface area contributed by atoms with Crippen molar-refractivity contribution in [2.75, 3.05) is 6.54 Å². The number of unbranched alkanes of at least 4 members (excludes halogenated alkanes) is 3. The van der Waals surface area contributed by atoms with E-state index in [9.17, 15) is 9.59 Å². The van der Waals surface area contributed by atoms with Crippen LogP contribution in [0, 0.1) is 0 Å². The first-order chi connectivity index (χ1) is 8.70. The molecule has 5 nitrogen and oxygen atoms in total. The van der Waals surface area contributed by atoms with E-state index >= 15 is 0 Å². The van der Waals surface area contributed by atoms with Crippen LogP contribution in [0.1, 0.15) is 39.0 Å². The van der Waals surface area contributed by atoms with Crippen LogP contribution in [0.3, 0.4) is 0 Å². The normalized spacial score (nSPS) is 10.8. The van der Waals surface area contributed by atoms with E-state index < -0.39 is 0 Å². The monoisotopic (exact) mass is 253 g/mol. The van der Waals surface area contributed by atoms with Crippen LogP contribution in [0.2, 0.25) is 0 Å². The Labute approximate surface area is 107 Å². The molecular formula is C13H23N3O2. The van der Waals surface area contributed by atoms with Crippen LogP contribution >= 0.6 is 0 Å². The van der Waals surface area contributed by atoms with Gasteiger partial charge in [-0.25, -0.2) is 4.79 Å². The Kier molecular flexibility index (Phi) is 6.43. The van der Waals surface area contributed by atoms with Gasteiger partial charge in [0.25, 0.3) is 5.56 Å². The van der Waals surface area contributed by atoms with Gasteiger partial charge < -0.3 is 10.3 Å². The second-order valence-electron chi connectivity index (χ2n) is 4.48. The molecule has 0 saturated heterocycles. The molecule has 1 rings (SSSR count). The highest BCUT2D eigenvalue weighted by Crippen LogP contribution is 1.99. The summed E-state index contributed by atoms with van der Waals surface area (Å²) < 4.78 is 2.89. The van der Waals surface area contributed by atoms with Crippen molar-refractivity contribution in [2.24, 2.45) is 5.73 Å². The summed E-state index contributed by atoms with van der Waals surface area (Å²) in [7, 11) is 0. The minimum atomic E-state index is -0.238. The topological polar surface area (TPSA) is 70.0 Å². The molecule has 1 aromatic heterocycles. The second-order valence-corrected chi connectivity index (χ2v) is 4.48. The van der Waals surface area contributed by atoms with Crippen LogP contribution in [0.4, 0.5) is 0 Å². The third-order valence-corrected chi connectivity index (χ3v) is 2.98. The zero-order valence-electron chi connectivity index (χ0n) is 11.1. The molecule has 0 radical (unpaired) electrons. The number of nitrogens with two attached hydrogens (primary N) is 1. The summed E-state index contributed by atoms with van der Waals surface area (Å²) >= 11 is 0. The van der Waals surface area contributed by atoms with Crippen molar-refractivity contribution in [3.63, 3.8) is 0 Å². The Morgan fingerprint density at radius 3 is 2.56 bits per heavy atom. The van der Waals surface area contributed by atoms with Gasteiger partial charge in [-0.1, -0.05) is 26.2 Å². The minimum Gasteiger partial charge on any atom is -0.330 e. The molecule has 0 saturated carbocycles. The van der Waals surface area contributed by atoms with E-state index in [1.807, 2.05) is 0 Å². The molecule has 0 amide bonds. The zero-order chi connectivity index (χ0) is 13.4. The van der Waals surface area contributed by atoms with Crippen LogP contribution in [0.15, 0.2) is 21.9 Å². The molecule has 0 unspecified atom stereocenters. The summed E-state index contributed by atoms with van der Waals surface area (Å²) in [5.74, 6) is 0. The fourth-order valence-electron chi connectivity index (χ4n) is 1.89. The van der Waals surface area contributed by atoms with E-state index in [-0.39, 0.29) is 11.2 Å². The maximum Gasteiger partial charge on any atom is 0.330 e. The first-order valence-electron chi connectivity index (χ1n) is 6.71. The van der Waals surface area contributed by atoms with E-state index in [0.29, 0.717) is 26.1 Å². The molecule has 0 aliphatic rings. The SMILES string of the molecule is CCCCCCn1ccc(=O)n(CCCN)c1=O. The number of hydrogen-bond acceptors (Lipinski definition) is 3. The van der Waals surface area contributed by atoms with E-state index in [0.717, 1.165) is 12.8 Å². The molecule has 0 bridgehead atoms. The minimum absolute atomic E-state index is 0.215. The Morgan fingerprint density at radius 2 is 1.89 bits per heavy atom. The van der Waals surface area contributed by atoms with Gasteiger partial charge in [-0.2, -0.15) is 0 Å². The molecule has 0 aliphatic heterocycles.